The van der Waals surface area contributed by atoms with E-state index in [1.807, 2.05) is 11.8 Å². The number of benzene rings is 1. The average molecular weight is 401 g/mol. The summed E-state index contributed by atoms with van der Waals surface area (Å²) in [5, 5.41) is 2.88. The predicted octanol–water partition coefficient (Wildman–Crippen LogP) is 2.31. The number of hydrogen-bond acceptors (Lipinski definition) is 6. The van der Waals surface area contributed by atoms with Crippen molar-refractivity contribution in [3.63, 3.8) is 0 Å². The summed E-state index contributed by atoms with van der Waals surface area (Å²) in [5.41, 5.74) is 1.23. The number of furan rings is 1. The first kappa shape index (κ1) is 20.7. The molecule has 1 aliphatic rings. The van der Waals surface area contributed by atoms with Crippen molar-refractivity contribution in [2.75, 3.05) is 52.3 Å². The Hall–Kier alpha value is -3.00. The summed E-state index contributed by atoms with van der Waals surface area (Å²) in [4.78, 5) is 28.9. The van der Waals surface area contributed by atoms with Crippen LogP contribution < -0.4 is 14.8 Å². The zero-order valence-corrected chi connectivity index (χ0v) is 17.3. The quantitative estimate of drug-likeness (QED) is 0.800. The Morgan fingerprint density at radius 2 is 1.62 bits per heavy atom. The van der Waals surface area contributed by atoms with E-state index in [0.717, 1.165) is 5.76 Å². The minimum absolute atomic E-state index is 0.0214. The van der Waals surface area contributed by atoms with E-state index in [-0.39, 0.29) is 18.4 Å². The third-order valence-electron chi connectivity index (χ3n) is 4.93. The number of anilines is 1. The molecule has 3 rings (SSSR count). The molecule has 0 bridgehead atoms. The molecule has 0 radical (unpaired) electrons. The van der Waals surface area contributed by atoms with E-state index in [1.54, 1.807) is 50.3 Å². The molecule has 0 unspecified atom stereocenters. The number of piperazine rings is 1. The number of carbonyl (C=O) groups excluding carboxylic acids is 2. The second-order valence-electron chi connectivity index (χ2n) is 7.04. The number of nitrogens with one attached hydrogen (secondary N) is 1. The SMILES string of the molecule is COc1cc(NC(=O)CN2CCN(C(=O)c3cc(C)oc3C)CC2)cc(OC)c1. The van der Waals surface area contributed by atoms with Crippen molar-refractivity contribution in [3.05, 3.63) is 41.3 Å². The number of methoxy groups -OCH3 is 2. The van der Waals surface area contributed by atoms with Crippen molar-refractivity contribution in [2.24, 2.45) is 0 Å². The maximum Gasteiger partial charge on any atom is 0.257 e. The summed E-state index contributed by atoms with van der Waals surface area (Å²) in [5.74, 6) is 2.44. The van der Waals surface area contributed by atoms with Crippen LogP contribution in [0.25, 0.3) is 0 Å². The van der Waals surface area contributed by atoms with Crippen LogP contribution in [-0.2, 0) is 4.79 Å². The van der Waals surface area contributed by atoms with Gasteiger partial charge in [0.25, 0.3) is 5.91 Å². The summed E-state index contributed by atoms with van der Waals surface area (Å²) in [6.07, 6.45) is 0. The van der Waals surface area contributed by atoms with Gasteiger partial charge in [0.1, 0.15) is 23.0 Å². The summed E-state index contributed by atoms with van der Waals surface area (Å²) in [7, 11) is 3.13. The highest BCUT2D eigenvalue weighted by Crippen LogP contribution is 2.25. The molecule has 2 heterocycles. The van der Waals surface area contributed by atoms with Crippen molar-refractivity contribution in [3.8, 4) is 11.5 Å². The Balaban J connectivity index is 1.52. The first-order valence-electron chi connectivity index (χ1n) is 9.51. The molecule has 0 saturated carbocycles. The lowest BCUT2D eigenvalue weighted by atomic mass is 10.2. The molecule has 1 aliphatic heterocycles. The van der Waals surface area contributed by atoms with Gasteiger partial charge in [-0.15, -0.1) is 0 Å². The van der Waals surface area contributed by atoms with Crippen LogP contribution in [0.3, 0.4) is 0 Å². The topological polar surface area (TPSA) is 84.3 Å². The third-order valence-corrected chi connectivity index (χ3v) is 4.93. The molecular formula is C21H27N3O5. The van der Waals surface area contributed by atoms with Gasteiger partial charge in [-0.2, -0.15) is 0 Å². The number of rotatable bonds is 6. The first-order valence-corrected chi connectivity index (χ1v) is 9.51. The van der Waals surface area contributed by atoms with E-state index in [2.05, 4.69) is 5.32 Å². The summed E-state index contributed by atoms with van der Waals surface area (Å²) >= 11 is 0. The monoisotopic (exact) mass is 401 g/mol. The second-order valence-corrected chi connectivity index (χ2v) is 7.04. The lowest BCUT2D eigenvalue weighted by Crippen LogP contribution is -2.50. The molecule has 1 aromatic carbocycles. The molecule has 1 aromatic heterocycles. The Bertz CT molecular complexity index is 862. The number of nitrogens with zero attached hydrogens (tertiary/aromatic N) is 2. The molecular weight excluding hydrogens is 374 g/mol. The van der Waals surface area contributed by atoms with Crippen LogP contribution in [0.15, 0.2) is 28.7 Å². The van der Waals surface area contributed by atoms with Crippen LogP contribution >= 0.6 is 0 Å². The molecule has 2 amide bonds. The fraction of sp³-hybridized carbons (Fsp3) is 0.429. The van der Waals surface area contributed by atoms with E-state index in [1.165, 1.54) is 0 Å². The Kier molecular flexibility index (Phi) is 6.43. The molecule has 0 atom stereocenters. The van der Waals surface area contributed by atoms with Gasteiger partial charge in [0.2, 0.25) is 5.91 Å². The number of hydrogen-bond donors (Lipinski definition) is 1. The van der Waals surface area contributed by atoms with Crippen LogP contribution in [-0.4, -0.2) is 68.6 Å². The Morgan fingerprint density at radius 3 is 2.14 bits per heavy atom. The highest BCUT2D eigenvalue weighted by Gasteiger charge is 2.25. The van der Waals surface area contributed by atoms with Crippen molar-refractivity contribution in [1.29, 1.82) is 0 Å². The zero-order valence-electron chi connectivity index (χ0n) is 17.3. The molecule has 0 aliphatic carbocycles. The number of amides is 2. The van der Waals surface area contributed by atoms with E-state index >= 15 is 0 Å². The van der Waals surface area contributed by atoms with Gasteiger partial charge in [0, 0.05) is 50.1 Å². The van der Waals surface area contributed by atoms with Gasteiger partial charge in [0.15, 0.2) is 0 Å². The minimum atomic E-state index is -0.124. The molecule has 1 saturated heterocycles. The van der Waals surface area contributed by atoms with Crippen molar-refractivity contribution >= 4 is 17.5 Å². The lowest BCUT2D eigenvalue weighted by Gasteiger charge is -2.34. The number of aryl methyl sites for hydroxylation is 2. The molecule has 8 heteroatoms. The van der Waals surface area contributed by atoms with Crippen molar-refractivity contribution in [2.45, 2.75) is 13.8 Å². The average Bonchev–Trinajstić information content (AvgIpc) is 3.05. The molecule has 1 N–H and O–H groups in total. The summed E-state index contributed by atoms with van der Waals surface area (Å²) < 4.78 is 15.9. The lowest BCUT2D eigenvalue weighted by molar-refractivity contribution is -0.117. The standard InChI is InChI=1S/C21H27N3O5/c1-14-9-19(15(2)29-14)21(26)24-7-5-23(6-8-24)13-20(25)22-16-10-17(27-3)12-18(11-16)28-4/h9-12H,5-8,13H2,1-4H3,(H,22,25). The summed E-state index contributed by atoms with van der Waals surface area (Å²) in [6.45, 7) is 6.30. The van der Waals surface area contributed by atoms with E-state index in [0.29, 0.717) is 54.7 Å². The molecule has 0 spiro atoms. The molecule has 2 aromatic rings. The van der Waals surface area contributed by atoms with Gasteiger partial charge < -0.3 is 24.1 Å². The van der Waals surface area contributed by atoms with Crippen LogP contribution in [0.1, 0.15) is 21.9 Å². The molecule has 29 heavy (non-hydrogen) atoms. The number of ether oxygens (including phenoxy) is 2. The molecule has 1 fully saturated rings. The van der Waals surface area contributed by atoms with Crippen LogP contribution in [0.2, 0.25) is 0 Å². The molecule has 8 nitrogen and oxygen atoms in total. The Morgan fingerprint density at radius 1 is 1.00 bits per heavy atom. The second kappa shape index (κ2) is 9.00. The predicted molar refractivity (Wildman–Crippen MR) is 109 cm³/mol. The van der Waals surface area contributed by atoms with Gasteiger partial charge in [-0.1, -0.05) is 0 Å². The van der Waals surface area contributed by atoms with Crippen LogP contribution in [0, 0.1) is 13.8 Å². The van der Waals surface area contributed by atoms with Crippen LogP contribution in [0.4, 0.5) is 5.69 Å². The first-order chi connectivity index (χ1) is 13.9. The third kappa shape index (κ3) is 5.08. The van der Waals surface area contributed by atoms with E-state index < -0.39 is 0 Å². The van der Waals surface area contributed by atoms with Crippen molar-refractivity contribution in [1.82, 2.24) is 9.80 Å². The van der Waals surface area contributed by atoms with Crippen LogP contribution in [0.5, 0.6) is 11.5 Å². The minimum Gasteiger partial charge on any atom is -0.497 e. The maximum absolute atomic E-state index is 12.7. The number of carbonyl (C=O) groups is 2. The zero-order chi connectivity index (χ0) is 21.0. The van der Waals surface area contributed by atoms with Gasteiger partial charge in [-0.05, 0) is 19.9 Å². The highest BCUT2D eigenvalue weighted by atomic mass is 16.5. The van der Waals surface area contributed by atoms with Gasteiger partial charge in [-0.3, -0.25) is 14.5 Å². The maximum atomic E-state index is 12.7. The fourth-order valence-electron chi connectivity index (χ4n) is 3.41. The van der Waals surface area contributed by atoms with E-state index in [4.69, 9.17) is 13.9 Å². The molecule has 156 valence electrons. The van der Waals surface area contributed by atoms with E-state index in [9.17, 15) is 9.59 Å². The van der Waals surface area contributed by atoms with Gasteiger partial charge in [0.05, 0.1) is 26.3 Å². The normalized spacial score (nSPS) is 14.6. The van der Waals surface area contributed by atoms with Gasteiger partial charge in [-0.25, -0.2) is 0 Å². The highest BCUT2D eigenvalue weighted by molar-refractivity contribution is 5.95. The summed E-state index contributed by atoms with van der Waals surface area (Å²) in [6, 6.07) is 7.01. The smallest absolute Gasteiger partial charge is 0.257 e. The largest absolute Gasteiger partial charge is 0.497 e. The Labute approximate surface area is 170 Å². The van der Waals surface area contributed by atoms with Gasteiger partial charge >= 0.3 is 0 Å². The fourth-order valence-corrected chi connectivity index (χ4v) is 3.41. The van der Waals surface area contributed by atoms with Crippen molar-refractivity contribution < 1.29 is 23.5 Å².